The number of hydrogen-bond donors (Lipinski definition) is 2. The van der Waals surface area contributed by atoms with Crippen molar-refractivity contribution in [3.05, 3.63) is 35.9 Å². The van der Waals surface area contributed by atoms with Crippen LogP contribution >= 0.6 is 0 Å². The van der Waals surface area contributed by atoms with Gasteiger partial charge in [-0.25, -0.2) is 0 Å². The van der Waals surface area contributed by atoms with Crippen LogP contribution < -0.4 is 11.1 Å². The average molecular weight is 304 g/mol. The summed E-state index contributed by atoms with van der Waals surface area (Å²) in [5, 5.41) is 2.70. The third-order valence-electron chi connectivity index (χ3n) is 4.53. The number of likely N-dealkylation sites (N-methyl/N-ethyl adjacent to an activating group) is 1. The molecule has 2 rings (SSSR count). The number of carbonyl (C=O) groups is 1. The van der Waals surface area contributed by atoms with Crippen molar-refractivity contribution >= 4 is 5.91 Å². The van der Waals surface area contributed by atoms with E-state index in [1.54, 1.807) is 7.05 Å². The lowest BCUT2D eigenvalue weighted by molar-refractivity contribution is -0.129. The van der Waals surface area contributed by atoms with Gasteiger partial charge in [-0.3, -0.25) is 4.79 Å². The molecule has 4 nitrogen and oxygen atoms in total. The highest BCUT2D eigenvalue weighted by Crippen LogP contribution is 2.30. The van der Waals surface area contributed by atoms with E-state index in [1.807, 2.05) is 30.3 Å². The second kappa shape index (κ2) is 8.30. The van der Waals surface area contributed by atoms with Crippen molar-refractivity contribution in [1.82, 2.24) is 5.32 Å². The fourth-order valence-electron chi connectivity index (χ4n) is 3.30. The third-order valence-corrected chi connectivity index (χ3v) is 4.53. The standard InChI is InChI=1S/C18H28N2O2/c1-20-17(21)18(19,12-15-8-4-2-5-9-15)14-22-13-16-10-6-3-7-11-16/h3,6-7,10-11,15H,2,4-5,8-9,12-14,19H2,1H3,(H,20,21). The minimum Gasteiger partial charge on any atom is -0.374 e. The Balaban J connectivity index is 1.91. The molecule has 1 saturated carbocycles. The number of amides is 1. The van der Waals surface area contributed by atoms with Gasteiger partial charge >= 0.3 is 0 Å². The molecule has 22 heavy (non-hydrogen) atoms. The molecule has 1 aliphatic rings. The first kappa shape index (κ1) is 17.0. The topological polar surface area (TPSA) is 64.4 Å². The van der Waals surface area contributed by atoms with Gasteiger partial charge in [-0.2, -0.15) is 0 Å². The number of carbonyl (C=O) groups excluding carboxylic acids is 1. The highest BCUT2D eigenvalue weighted by atomic mass is 16.5. The highest BCUT2D eigenvalue weighted by Gasteiger charge is 2.36. The zero-order valence-electron chi connectivity index (χ0n) is 13.5. The SMILES string of the molecule is CNC(=O)C(N)(COCc1ccccc1)CC1CCCCC1. The van der Waals surface area contributed by atoms with Gasteiger partial charge in [0.05, 0.1) is 13.2 Å². The van der Waals surface area contributed by atoms with E-state index >= 15 is 0 Å². The van der Waals surface area contributed by atoms with Gasteiger partial charge in [-0.1, -0.05) is 62.4 Å². The van der Waals surface area contributed by atoms with Crippen LogP contribution in [0.5, 0.6) is 0 Å². The van der Waals surface area contributed by atoms with E-state index in [2.05, 4.69) is 5.32 Å². The van der Waals surface area contributed by atoms with Crippen LogP contribution in [0.3, 0.4) is 0 Å². The lowest BCUT2D eigenvalue weighted by Gasteiger charge is -2.33. The Morgan fingerprint density at radius 3 is 2.59 bits per heavy atom. The molecule has 0 radical (unpaired) electrons. The Kier molecular flexibility index (Phi) is 6.40. The molecular formula is C18H28N2O2. The quantitative estimate of drug-likeness (QED) is 0.814. The van der Waals surface area contributed by atoms with Crippen molar-refractivity contribution in [3.63, 3.8) is 0 Å². The maximum Gasteiger partial charge on any atom is 0.242 e. The first-order valence-corrected chi connectivity index (χ1v) is 8.27. The van der Waals surface area contributed by atoms with E-state index in [9.17, 15) is 4.79 Å². The van der Waals surface area contributed by atoms with Gasteiger partial charge < -0.3 is 15.8 Å². The first-order chi connectivity index (χ1) is 10.6. The molecule has 1 fully saturated rings. The van der Waals surface area contributed by atoms with Gasteiger partial charge in [0.1, 0.15) is 5.54 Å². The Morgan fingerprint density at radius 2 is 1.95 bits per heavy atom. The summed E-state index contributed by atoms with van der Waals surface area (Å²) in [6.07, 6.45) is 6.86. The molecule has 0 spiro atoms. The van der Waals surface area contributed by atoms with E-state index in [-0.39, 0.29) is 12.5 Å². The van der Waals surface area contributed by atoms with E-state index in [0.29, 0.717) is 18.9 Å². The molecule has 0 heterocycles. The highest BCUT2D eigenvalue weighted by molar-refractivity contribution is 5.86. The van der Waals surface area contributed by atoms with Crippen molar-refractivity contribution in [1.29, 1.82) is 0 Å². The summed E-state index contributed by atoms with van der Waals surface area (Å²) in [5.41, 5.74) is 6.58. The molecule has 1 atom stereocenters. The van der Waals surface area contributed by atoms with Crippen LogP contribution in [0.25, 0.3) is 0 Å². The van der Waals surface area contributed by atoms with Gasteiger partial charge in [0.2, 0.25) is 5.91 Å². The molecule has 0 aliphatic heterocycles. The predicted octanol–water partition coefficient (Wildman–Crippen LogP) is 2.62. The minimum absolute atomic E-state index is 0.119. The van der Waals surface area contributed by atoms with Crippen LogP contribution in [0, 0.1) is 5.92 Å². The van der Waals surface area contributed by atoms with E-state index in [0.717, 1.165) is 5.56 Å². The van der Waals surface area contributed by atoms with Gasteiger partial charge in [-0.05, 0) is 17.9 Å². The molecular weight excluding hydrogens is 276 g/mol. The number of nitrogens with one attached hydrogen (secondary N) is 1. The first-order valence-electron chi connectivity index (χ1n) is 8.27. The molecule has 1 aromatic carbocycles. The van der Waals surface area contributed by atoms with Gasteiger partial charge in [-0.15, -0.1) is 0 Å². The van der Waals surface area contributed by atoms with E-state index in [1.165, 1.54) is 32.1 Å². The Morgan fingerprint density at radius 1 is 1.27 bits per heavy atom. The lowest BCUT2D eigenvalue weighted by atomic mass is 9.79. The van der Waals surface area contributed by atoms with Crippen molar-refractivity contribution in [2.45, 2.75) is 50.7 Å². The largest absolute Gasteiger partial charge is 0.374 e. The predicted molar refractivity (Wildman–Crippen MR) is 88.3 cm³/mol. The number of benzene rings is 1. The Hall–Kier alpha value is -1.39. The Labute approximate surface area is 133 Å². The average Bonchev–Trinajstić information content (AvgIpc) is 2.56. The summed E-state index contributed by atoms with van der Waals surface area (Å²) in [6.45, 7) is 0.750. The normalized spacial score (nSPS) is 18.6. The van der Waals surface area contributed by atoms with E-state index < -0.39 is 5.54 Å². The number of nitrogens with two attached hydrogens (primary N) is 1. The van der Waals surface area contributed by atoms with Crippen LogP contribution in [-0.2, 0) is 16.1 Å². The van der Waals surface area contributed by atoms with Crippen molar-refractivity contribution in [2.24, 2.45) is 11.7 Å². The molecule has 1 aliphatic carbocycles. The second-order valence-electron chi connectivity index (χ2n) is 6.42. The molecule has 1 unspecified atom stereocenters. The molecule has 0 saturated heterocycles. The number of rotatable bonds is 7. The third kappa shape index (κ3) is 4.82. The minimum atomic E-state index is -0.925. The lowest BCUT2D eigenvalue weighted by Crippen LogP contribution is -2.57. The summed E-state index contributed by atoms with van der Waals surface area (Å²) >= 11 is 0. The molecule has 3 N–H and O–H groups in total. The molecule has 0 bridgehead atoms. The monoisotopic (exact) mass is 304 g/mol. The van der Waals surface area contributed by atoms with Crippen LogP contribution in [0.1, 0.15) is 44.1 Å². The van der Waals surface area contributed by atoms with Crippen LogP contribution in [0.4, 0.5) is 0 Å². The van der Waals surface area contributed by atoms with Crippen LogP contribution in [-0.4, -0.2) is 25.1 Å². The molecule has 0 aromatic heterocycles. The maximum absolute atomic E-state index is 12.2. The van der Waals surface area contributed by atoms with Crippen molar-refractivity contribution in [2.75, 3.05) is 13.7 Å². The summed E-state index contributed by atoms with van der Waals surface area (Å²) < 4.78 is 5.76. The maximum atomic E-state index is 12.2. The molecule has 1 amide bonds. The smallest absolute Gasteiger partial charge is 0.242 e. The summed E-state index contributed by atoms with van der Waals surface area (Å²) in [6, 6.07) is 9.97. The van der Waals surface area contributed by atoms with Gasteiger partial charge in [0.15, 0.2) is 0 Å². The van der Waals surface area contributed by atoms with E-state index in [4.69, 9.17) is 10.5 Å². The van der Waals surface area contributed by atoms with Gasteiger partial charge in [0.25, 0.3) is 0 Å². The zero-order valence-corrected chi connectivity index (χ0v) is 13.5. The fourth-order valence-corrected chi connectivity index (χ4v) is 3.30. The molecule has 122 valence electrons. The molecule has 4 heteroatoms. The van der Waals surface area contributed by atoms with Crippen LogP contribution in [0.2, 0.25) is 0 Å². The number of hydrogen-bond acceptors (Lipinski definition) is 3. The summed E-state index contributed by atoms with van der Waals surface area (Å²) in [4.78, 5) is 12.2. The van der Waals surface area contributed by atoms with Gasteiger partial charge in [0, 0.05) is 7.05 Å². The molecule has 1 aromatic rings. The van der Waals surface area contributed by atoms with Crippen molar-refractivity contribution < 1.29 is 9.53 Å². The fraction of sp³-hybridized carbons (Fsp3) is 0.611. The second-order valence-corrected chi connectivity index (χ2v) is 6.42. The summed E-state index contributed by atoms with van der Waals surface area (Å²) in [5.74, 6) is 0.419. The Bertz CT molecular complexity index is 457. The summed E-state index contributed by atoms with van der Waals surface area (Å²) in [7, 11) is 1.64. The van der Waals surface area contributed by atoms with Crippen LogP contribution in [0.15, 0.2) is 30.3 Å². The zero-order chi connectivity index (χ0) is 15.8. The number of ether oxygens (including phenoxy) is 1. The van der Waals surface area contributed by atoms with Crippen molar-refractivity contribution in [3.8, 4) is 0 Å².